The zero-order valence-electron chi connectivity index (χ0n) is 26.2. The molecule has 5 aromatic carbocycles. The summed E-state index contributed by atoms with van der Waals surface area (Å²) in [5, 5.41) is 0. The highest BCUT2D eigenvalue weighted by molar-refractivity contribution is 7.88. The van der Waals surface area contributed by atoms with Crippen molar-refractivity contribution in [2.24, 2.45) is 0 Å². The van der Waals surface area contributed by atoms with E-state index in [0.29, 0.717) is 22.3 Å². The third-order valence-corrected chi connectivity index (χ3v) is 9.15. The van der Waals surface area contributed by atoms with E-state index in [1.807, 2.05) is 133 Å². The molecule has 7 aromatic rings. The summed E-state index contributed by atoms with van der Waals surface area (Å²) in [6, 6.07) is 46.2. The molecule has 2 heterocycles. The summed E-state index contributed by atoms with van der Waals surface area (Å²) in [6.07, 6.45) is 3.46. The molecular weight excluding hydrogens is 658 g/mol. The molecule has 50 heavy (non-hydrogen) atoms. The lowest BCUT2D eigenvalue weighted by Crippen LogP contribution is -2.28. The van der Waals surface area contributed by atoms with Crippen molar-refractivity contribution in [2.45, 2.75) is 5.51 Å². The van der Waals surface area contributed by atoms with Crippen molar-refractivity contribution in [1.29, 1.82) is 0 Å². The van der Waals surface area contributed by atoms with Crippen LogP contribution in [0.2, 0.25) is 0 Å². The molecule has 0 fully saturated rings. The minimum absolute atomic E-state index is 0.456. The van der Waals surface area contributed by atoms with Crippen molar-refractivity contribution in [1.82, 2.24) is 9.97 Å². The van der Waals surface area contributed by atoms with E-state index in [4.69, 9.17) is 4.18 Å². The Kier molecular flexibility index (Phi) is 8.74. The van der Waals surface area contributed by atoms with Crippen LogP contribution in [0.25, 0.3) is 67.0 Å². The lowest BCUT2D eigenvalue weighted by molar-refractivity contribution is -0.0500. The molecule has 0 saturated heterocycles. The first kappa shape index (κ1) is 32.5. The number of hydrogen-bond donors (Lipinski definition) is 0. The molecule has 0 amide bonds. The molecule has 246 valence electrons. The van der Waals surface area contributed by atoms with Crippen LogP contribution < -0.4 is 4.18 Å². The van der Waals surface area contributed by atoms with Gasteiger partial charge in [-0.25, -0.2) is 0 Å². The van der Waals surface area contributed by atoms with Gasteiger partial charge in [-0.05, 0) is 75.3 Å². The zero-order valence-corrected chi connectivity index (χ0v) is 27.1. The SMILES string of the molecule is O=S(=O)(Oc1cc(-c2ccccc2-c2ccc(-c3ccccn3)cc2)cc(-c2ccccc2-c2ccc(-c3ccccc3)nc2)c1)C(F)(F)F. The summed E-state index contributed by atoms with van der Waals surface area (Å²) in [4.78, 5) is 9.07. The van der Waals surface area contributed by atoms with Crippen molar-refractivity contribution >= 4 is 10.1 Å². The van der Waals surface area contributed by atoms with E-state index in [1.54, 1.807) is 18.5 Å². The summed E-state index contributed by atoms with van der Waals surface area (Å²) >= 11 is 0. The smallest absolute Gasteiger partial charge is 0.376 e. The number of aromatic nitrogens is 2. The van der Waals surface area contributed by atoms with Gasteiger partial charge in [-0.15, -0.1) is 0 Å². The summed E-state index contributed by atoms with van der Waals surface area (Å²) in [5.74, 6) is -0.470. The van der Waals surface area contributed by atoms with Crippen LogP contribution >= 0.6 is 0 Å². The molecule has 7 rings (SSSR count). The van der Waals surface area contributed by atoms with Crippen molar-refractivity contribution in [3.05, 3.63) is 164 Å². The van der Waals surface area contributed by atoms with Crippen LogP contribution in [0.3, 0.4) is 0 Å². The third kappa shape index (κ3) is 6.76. The molecular formula is C41H27F3N2O3S. The Morgan fingerprint density at radius 3 is 1.48 bits per heavy atom. The van der Waals surface area contributed by atoms with Crippen LogP contribution in [0.15, 0.2) is 164 Å². The van der Waals surface area contributed by atoms with E-state index in [2.05, 4.69) is 9.97 Å². The highest BCUT2D eigenvalue weighted by Crippen LogP contribution is 2.41. The molecule has 9 heteroatoms. The number of hydrogen-bond acceptors (Lipinski definition) is 5. The fourth-order valence-electron chi connectivity index (χ4n) is 5.79. The van der Waals surface area contributed by atoms with Gasteiger partial charge in [0.15, 0.2) is 0 Å². The molecule has 0 bridgehead atoms. The molecule has 0 radical (unpaired) electrons. The van der Waals surface area contributed by atoms with Crippen molar-refractivity contribution in [2.75, 3.05) is 0 Å². The van der Waals surface area contributed by atoms with Gasteiger partial charge in [0.05, 0.1) is 11.4 Å². The first-order chi connectivity index (χ1) is 24.2. The fraction of sp³-hybridized carbons (Fsp3) is 0.0244. The van der Waals surface area contributed by atoms with Crippen LogP contribution in [0, 0.1) is 0 Å². The average molecular weight is 685 g/mol. The zero-order chi connectivity index (χ0) is 34.7. The van der Waals surface area contributed by atoms with Crippen LogP contribution in [-0.2, 0) is 10.1 Å². The normalized spacial score (nSPS) is 11.7. The molecule has 0 unspecified atom stereocenters. The van der Waals surface area contributed by atoms with Crippen LogP contribution in [-0.4, -0.2) is 23.9 Å². The van der Waals surface area contributed by atoms with Gasteiger partial charge in [0.1, 0.15) is 5.75 Å². The van der Waals surface area contributed by atoms with Crippen LogP contribution in [0.4, 0.5) is 13.2 Å². The summed E-state index contributed by atoms with van der Waals surface area (Å²) < 4.78 is 69.8. The van der Waals surface area contributed by atoms with Crippen molar-refractivity contribution < 1.29 is 25.8 Å². The van der Waals surface area contributed by atoms with E-state index in [9.17, 15) is 21.6 Å². The Morgan fingerprint density at radius 1 is 0.460 bits per heavy atom. The minimum atomic E-state index is -5.95. The predicted molar refractivity (Wildman–Crippen MR) is 190 cm³/mol. The number of nitrogens with zero attached hydrogens (tertiary/aromatic N) is 2. The fourth-order valence-corrected chi connectivity index (χ4v) is 6.24. The van der Waals surface area contributed by atoms with Crippen molar-refractivity contribution in [3.63, 3.8) is 0 Å². The molecule has 0 N–H and O–H groups in total. The molecule has 5 nitrogen and oxygen atoms in total. The number of benzene rings is 5. The van der Waals surface area contributed by atoms with Gasteiger partial charge in [0, 0.05) is 29.1 Å². The minimum Gasteiger partial charge on any atom is -0.376 e. The first-order valence-electron chi connectivity index (χ1n) is 15.5. The largest absolute Gasteiger partial charge is 0.534 e. The molecule has 0 aliphatic heterocycles. The molecule has 0 saturated carbocycles. The second-order valence-corrected chi connectivity index (χ2v) is 12.9. The Morgan fingerprint density at radius 2 is 0.940 bits per heavy atom. The van der Waals surface area contributed by atoms with Gasteiger partial charge in [-0.3, -0.25) is 9.97 Å². The Hall–Kier alpha value is -6.06. The van der Waals surface area contributed by atoms with E-state index in [0.717, 1.165) is 44.8 Å². The number of pyridine rings is 2. The lowest BCUT2D eigenvalue weighted by Gasteiger charge is -2.17. The summed E-state index contributed by atoms with van der Waals surface area (Å²) in [7, 11) is -5.95. The topological polar surface area (TPSA) is 69.2 Å². The maximum absolute atomic E-state index is 13.5. The maximum Gasteiger partial charge on any atom is 0.534 e. The lowest BCUT2D eigenvalue weighted by atomic mass is 9.90. The van der Waals surface area contributed by atoms with E-state index >= 15 is 0 Å². The average Bonchev–Trinajstić information content (AvgIpc) is 3.15. The van der Waals surface area contributed by atoms with Gasteiger partial charge < -0.3 is 4.18 Å². The van der Waals surface area contributed by atoms with Gasteiger partial charge in [0.2, 0.25) is 0 Å². The quantitative estimate of drug-likeness (QED) is 0.118. The Bertz CT molecular complexity index is 2240. The van der Waals surface area contributed by atoms with Crippen LogP contribution in [0.5, 0.6) is 5.75 Å². The Labute approximate surface area is 287 Å². The molecule has 0 spiro atoms. The molecule has 0 atom stereocenters. The van der Waals surface area contributed by atoms with E-state index in [-0.39, 0.29) is 0 Å². The monoisotopic (exact) mass is 684 g/mol. The Balaban J connectivity index is 1.34. The number of alkyl halides is 3. The highest BCUT2D eigenvalue weighted by Gasteiger charge is 2.48. The molecule has 0 aliphatic carbocycles. The summed E-state index contributed by atoms with van der Waals surface area (Å²) in [5.41, 5.74) is 3.26. The van der Waals surface area contributed by atoms with Crippen LogP contribution in [0.1, 0.15) is 0 Å². The molecule has 0 aliphatic rings. The molecule has 2 aromatic heterocycles. The number of rotatable bonds is 8. The highest BCUT2D eigenvalue weighted by atomic mass is 32.2. The second kappa shape index (κ2) is 13.4. The van der Waals surface area contributed by atoms with Gasteiger partial charge in [0.25, 0.3) is 0 Å². The maximum atomic E-state index is 13.5. The van der Waals surface area contributed by atoms with Gasteiger partial charge in [-0.1, -0.05) is 115 Å². The third-order valence-electron chi connectivity index (χ3n) is 8.17. The first-order valence-corrected chi connectivity index (χ1v) is 17.0. The van der Waals surface area contributed by atoms with Gasteiger partial charge >= 0.3 is 15.6 Å². The standard InChI is InChI=1S/C41H27F3N2O3S/c42-41(43,44)50(47,48)49-34-25-32(37-14-6-4-12-35(37)28-17-19-30(20-18-28)39-16-8-9-23-45-39)24-33(26-34)38-15-7-5-13-36(38)31-21-22-40(46-27-31)29-10-2-1-3-11-29/h1-27H. The van der Waals surface area contributed by atoms with Gasteiger partial charge in [-0.2, -0.15) is 21.6 Å². The second-order valence-electron chi connectivity index (χ2n) is 11.4. The predicted octanol–water partition coefficient (Wildman–Crippen LogP) is 10.7. The summed E-state index contributed by atoms with van der Waals surface area (Å²) in [6.45, 7) is 0. The van der Waals surface area contributed by atoms with E-state index < -0.39 is 21.4 Å². The van der Waals surface area contributed by atoms with E-state index in [1.165, 1.54) is 12.1 Å². The van der Waals surface area contributed by atoms with Crippen molar-refractivity contribution in [3.8, 4) is 72.8 Å². The number of halogens is 3.